The highest BCUT2D eigenvalue weighted by molar-refractivity contribution is 8.10. The normalized spacial score (nSPS) is 15.2. The van der Waals surface area contributed by atoms with E-state index >= 15 is 0 Å². The Morgan fingerprint density at radius 1 is 1.00 bits per heavy atom. The van der Waals surface area contributed by atoms with Crippen LogP contribution in [0.1, 0.15) is 58.3 Å². The number of nitrogens with two attached hydrogens (primary N) is 1. The summed E-state index contributed by atoms with van der Waals surface area (Å²) in [5.41, 5.74) is 7.20. The molecule has 210 valence electrons. The molecule has 1 aliphatic heterocycles. The Bertz CT molecular complexity index is 1640. The number of fused-ring (bicyclic) bond motifs is 1. The predicted molar refractivity (Wildman–Crippen MR) is 161 cm³/mol. The number of halogens is 4. The van der Waals surface area contributed by atoms with Crippen molar-refractivity contribution >= 4 is 92.7 Å². The summed E-state index contributed by atoms with van der Waals surface area (Å²) in [5, 5.41) is 0.629. The highest BCUT2D eigenvalue weighted by Gasteiger charge is 2.39. The van der Waals surface area contributed by atoms with Crippen LogP contribution in [-0.4, -0.2) is 35.6 Å². The van der Waals surface area contributed by atoms with E-state index in [9.17, 15) is 14.4 Å². The molecule has 2 aromatic carbocycles. The molecule has 0 spiro atoms. The molecule has 0 fully saturated rings. The third-order valence-corrected chi connectivity index (χ3v) is 8.45. The van der Waals surface area contributed by atoms with Crippen molar-refractivity contribution in [3.8, 4) is 0 Å². The van der Waals surface area contributed by atoms with E-state index in [0.717, 1.165) is 22.7 Å². The molecule has 0 saturated heterocycles. The van der Waals surface area contributed by atoms with Crippen LogP contribution in [0.25, 0.3) is 11.0 Å². The lowest BCUT2D eigenvalue weighted by atomic mass is 10.1. The van der Waals surface area contributed by atoms with Crippen LogP contribution in [0, 0.1) is 0 Å². The number of rotatable bonds is 8. The second-order valence-electron chi connectivity index (χ2n) is 8.71. The number of carbonyl (C=O) groups is 3. The molecule has 0 amide bonds. The van der Waals surface area contributed by atoms with Gasteiger partial charge in [-0.15, -0.1) is 0 Å². The van der Waals surface area contributed by atoms with Crippen LogP contribution in [0.5, 0.6) is 0 Å². The highest BCUT2D eigenvalue weighted by atomic mass is 35.5. The zero-order valence-electron chi connectivity index (χ0n) is 21.4. The fourth-order valence-corrected chi connectivity index (χ4v) is 6.43. The van der Waals surface area contributed by atoms with Crippen LogP contribution in [0.3, 0.4) is 0 Å². The topological polar surface area (TPSA) is 101 Å². The molecule has 1 atom stereocenters. The van der Waals surface area contributed by atoms with Crippen LogP contribution >= 0.6 is 58.2 Å². The maximum atomic E-state index is 14.1. The first-order chi connectivity index (χ1) is 19.1. The van der Waals surface area contributed by atoms with Crippen LogP contribution in [-0.2, 0) is 14.3 Å². The molecule has 0 radical (unpaired) electrons. The minimum absolute atomic E-state index is 0.0545. The van der Waals surface area contributed by atoms with Gasteiger partial charge in [0.05, 0.1) is 24.3 Å². The largest absolute Gasteiger partial charge is 0.462 e. The quantitative estimate of drug-likeness (QED) is 0.229. The summed E-state index contributed by atoms with van der Waals surface area (Å²) >= 11 is 26.0. The predicted octanol–water partition coefficient (Wildman–Crippen LogP) is 6.27. The number of carbonyl (C=O) groups excluding carboxylic acids is 3. The third-order valence-electron chi connectivity index (χ3n) is 6.04. The van der Waals surface area contributed by atoms with E-state index in [2.05, 4.69) is 0 Å². The van der Waals surface area contributed by atoms with Crippen LogP contribution < -0.4 is 16.3 Å². The third kappa shape index (κ3) is 6.02. The van der Waals surface area contributed by atoms with Crippen molar-refractivity contribution in [1.82, 2.24) is 4.57 Å². The number of anilines is 1. The molecule has 0 saturated carbocycles. The van der Waals surface area contributed by atoms with Gasteiger partial charge in [-0.05, 0) is 54.8 Å². The lowest BCUT2D eigenvalue weighted by molar-refractivity contribution is -0.135. The van der Waals surface area contributed by atoms with Crippen molar-refractivity contribution in [2.24, 2.45) is 0 Å². The summed E-state index contributed by atoms with van der Waals surface area (Å²) in [6.45, 7) is 3.82. The number of hydrogen-bond acceptors (Lipinski definition) is 7. The van der Waals surface area contributed by atoms with Crippen LogP contribution in [0.2, 0.25) is 20.1 Å². The Labute approximate surface area is 254 Å². The summed E-state index contributed by atoms with van der Waals surface area (Å²) in [5.74, 6) is -2.05. The van der Waals surface area contributed by atoms with Gasteiger partial charge in [0.25, 0.3) is 0 Å². The smallest absolute Gasteiger partial charge is 0.357 e. The van der Waals surface area contributed by atoms with Gasteiger partial charge in [0.1, 0.15) is 10.2 Å². The first-order valence-corrected chi connectivity index (χ1v) is 14.7. The Morgan fingerprint density at radius 3 is 2.30 bits per heavy atom. The van der Waals surface area contributed by atoms with Crippen molar-refractivity contribution < 1.29 is 23.9 Å². The molecule has 1 unspecified atom stereocenters. The maximum absolute atomic E-state index is 14.1. The molecule has 1 aromatic heterocycles. The van der Waals surface area contributed by atoms with Gasteiger partial charge in [0.15, 0.2) is 5.69 Å². The molecule has 12 heteroatoms. The lowest BCUT2D eigenvalue weighted by Gasteiger charge is -2.24. The lowest BCUT2D eigenvalue weighted by Crippen LogP contribution is -2.42. The van der Waals surface area contributed by atoms with Crippen molar-refractivity contribution in [3.05, 3.63) is 83.9 Å². The van der Waals surface area contributed by atoms with Crippen molar-refractivity contribution in [2.45, 2.75) is 31.9 Å². The minimum Gasteiger partial charge on any atom is -0.462 e. The van der Waals surface area contributed by atoms with Crippen molar-refractivity contribution in [1.29, 1.82) is 0 Å². The van der Waals surface area contributed by atoms with Gasteiger partial charge in [0, 0.05) is 25.3 Å². The molecule has 3 aromatic rings. The van der Waals surface area contributed by atoms with Gasteiger partial charge in [-0.1, -0.05) is 83.6 Å². The van der Waals surface area contributed by atoms with E-state index in [1.54, 1.807) is 43.3 Å². The molecule has 40 heavy (non-hydrogen) atoms. The van der Waals surface area contributed by atoms with Gasteiger partial charge in [-0.25, -0.2) is 9.59 Å². The Hall–Kier alpha value is -2.62. The van der Waals surface area contributed by atoms with Crippen LogP contribution in [0.15, 0.2) is 36.4 Å². The molecule has 7 nitrogen and oxygen atoms in total. The SMILES string of the molecule is CCCCOC(=O)c1c(N)/c(=C\c2ccc(Cl)cc2Cl)c2n1C(=O)C(c1ccc(Cl)cc1Cl)SC=2C(=O)OCC. The number of aromatic nitrogens is 1. The van der Waals surface area contributed by atoms with Gasteiger partial charge >= 0.3 is 11.9 Å². The molecule has 2 heterocycles. The average molecular weight is 642 g/mol. The van der Waals surface area contributed by atoms with E-state index in [4.69, 9.17) is 61.6 Å². The summed E-state index contributed by atoms with van der Waals surface area (Å²) in [6, 6.07) is 9.51. The Morgan fingerprint density at radius 2 is 1.68 bits per heavy atom. The molecule has 0 bridgehead atoms. The number of esters is 2. The number of nitrogens with zero attached hydrogens (tertiary/aromatic N) is 1. The number of nitrogen functional groups attached to an aromatic ring is 1. The fourth-order valence-electron chi connectivity index (χ4n) is 4.14. The molecular formula is C28H24Cl4N2O5S. The first kappa shape index (κ1) is 30.3. The van der Waals surface area contributed by atoms with E-state index in [0.29, 0.717) is 32.6 Å². The van der Waals surface area contributed by atoms with Crippen molar-refractivity contribution in [3.63, 3.8) is 0 Å². The van der Waals surface area contributed by atoms with Crippen LogP contribution in [0.4, 0.5) is 5.69 Å². The van der Waals surface area contributed by atoms with E-state index in [1.165, 1.54) is 6.07 Å². The number of benzene rings is 2. The molecule has 0 aliphatic carbocycles. The van der Waals surface area contributed by atoms with Gasteiger partial charge < -0.3 is 15.2 Å². The Kier molecular flexibility index (Phi) is 9.80. The minimum atomic E-state index is -1.02. The number of ether oxygens (including phenoxy) is 2. The van der Waals surface area contributed by atoms with Gasteiger partial charge in [0.2, 0.25) is 5.91 Å². The fraction of sp³-hybridized carbons (Fsp3) is 0.250. The second kappa shape index (κ2) is 12.9. The zero-order valence-corrected chi connectivity index (χ0v) is 25.3. The number of hydrogen-bond donors (Lipinski definition) is 1. The summed E-state index contributed by atoms with van der Waals surface area (Å²) in [6.07, 6.45) is 2.99. The summed E-state index contributed by atoms with van der Waals surface area (Å²) in [4.78, 5) is 40.9. The number of unbranched alkanes of at least 4 members (excludes halogenated alkanes) is 1. The Balaban J connectivity index is 2.08. The van der Waals surface area contributed by atoms with E-state index in [-0.39, 0.29) is 45.1 Å². The molecule has 4 rings (SSSR count). The standard InChI is InChI=1S/C28H24Cl4N2O5S/c1-3-5-10-39-27(36)23-21(33)18(11-14-6-7-15(29)12-19(14)31)22-25(28(37)38-4-2)40-24(26(35)34(22)23)17-9-8-16(30)13-20(17)32/h6-9,11-13,24H,3-5,10,33H2,1-2H3/b18-11+. The van der Waals surface area contributed by atoms with E-state index in [1.807, 2.05) is 6.92 Å². The second-order valence-corrected chi connectivity index (χ2v) is 11.5. The number of thioether (sulfide) groups is 1. The van der Waals surface area contributed by atoms with Gasteiger partial charge in [-0.3, -0.25) is 9.36 Å². The zero-order chi connectivity index (χ0) is 29.1. The monoisotopic (exact) mass is 640 g/mol. The molecular weight excluding hydrogens is 618 g/mol. The molecule has 1 aliphatic rings. The summed E-state index contributed by atoms with van der Waals surface area (Å²) in [7, 11) is 0. The highest BCUT2D eigenvalue weighted by Crippen LogP contribution is 2.42. The summed E-state index contributed by atoms with van der Waals surface area (Å²) < 4.78 is 11.9. The average Bonchev–Trinajstić information content (AvgIpc) is 3.19. The van der Waals surface area contributed by atoms with Gasteiger partial charge in [-0.2, -0.15) is 0 Å². The first-order valence-electron chi connectivity index (χ1n) is 12.3. The van der Waals surface area contributed by atoms with E-state index < -0.39 is 23.1 Å². The maximum Gasteiger partial charge on any atom is 0.357 e. The van der Waals surface area contributed by atoms with Crippen molar-refractivity contribution in [2.75, 3.05) is 18.9 Å². The molecule has 2 N–H and O–H groups in total.